The highest BCUT2D eigenvalue weighted by atomic mass is 16.5. The maximum Gasteiger partial charge on any atom is 0.323 e. The first kappa shape index (κ1) is 17.1. The van der Waals surface area contributed by atoms with Gasteiger partial charge >= 0.3 is 5.97 Å². The van der Waals surface area contributed by atoms with Crippen LogP contribution in [0.15, 0.2) is 12.1 Å². The zero-order valence-electron chi connectivity index (χ0n) is 13.4. The van der Waals surface area contributed by atoms with Crippen molar-refractivity contribution in [3.8, 4) is 17.2 Å². The lowest BCUT2D eigenvalue weighted by molar-refractivity contribution is -0.148. The maximum atomic E-state index is 11.3. The predicted molar refractivity (Wildman–Crippen MR) is 79.3 cm³/mol. The van der Waals surface area contributed by atoms with Crippen LogP contribution in [0.3, 0.4) is 0 Å². The highest BCUT2D eigenvalue weighted by Gasteiger charge is 2.32. The second-order valence-corrected chi connectivity index (χ2v) is 5.24. The van der Waals surface area contributed by atoms with Crippen molar-refractivity contribution in [2.45, 2.75) is 25.9 Å². The number of aliphatic carboxylic acids is 1. The van der Waals surface area contributed by atoms with Gasteiger partial charge in [-0.25, -0.2) is 0 Å². The molecule has 0 bridgehead atoms. The van der Waals surface area contributed by atoms with E-state index in [4.69, 9.17) is 14.2 Å². The fraction of sp³-hybridized carbons (Fsp3) is 0.533. The molecule has 1 N–H and O–H groups in total. The zero-order chi connectivity index (χ0) is 16.2. The van der Waals surface area contributed by atoms with Crippen molar-refractivity contribution in [3.05, 3.63) is 17.7 Å². The molecule has 6 nitrogen and oxygen atoms in total. The van der Waals surface area contributed by atoms with E-state index >= 15 is 0 Å². The number of carboxylic acid groups (broad SMARTS) is 1. The van der Waals surface area contributed by atoms with Crippen LogP contribution in [0.25, 0.3) is 0 Å². The van der Waals surface area contributed by atoms with Crippen LogP contribution >= 0.6 is 0 Å². The average Bonchev–Trinajstić information content (AvgIpc) is 2.46. The number of ether oxygens (including phenoxy) is 3. The number of hydrogen-bond donors (Lipinski definition) is 1. The molecule has 0 atom stereocenters. The molecule has 0 heterocycles. The van der Waals surface area contributed by atoms with Crippen molar-refractivity contribution < 1.29 is 24.1 Å². The molecular weight excluding hydrogens is 274 g/mol. The van der Waals surface area contributed by atoms with Crippen LogP contribution in [-0.2, 0) is 11.3 Å². The zero-order valence-corrected chi connectivity index (χ0v) is 13.4. The molecule has 0 aliphatic rings. The van der Waals surface area contributed by atoms with Gasteiger partial charge in [0.1, 0.15) is 11.3 Å². The number of rotatable bonds is 7. The summed E-state index contributed by atoms with van der Waals surface area (Å²) in [6, 6.07) is 3.53. The molecule has 21 heavy (non-hydrogen) atoms. The van der Waals surface area contributed by atoms with E-state index in [0.29, 0.717) is 23.8 Å². The monoisotopic (exact) mass is 297 g/mol. The molecule has 1 aromatic carbocycles. The van der Waals surface area contributed by atoms with Crippen LogP contribution in [0.5, 0.6) is 17.2 Å². The van der Waals surface area contributed by atoms with Gasteiger partial charge in [0.05, 0.1) is 21.3 Å². The van der Waals surface area contributed by atoms with Gasteiger partial charge in [-0.3, -0.25) is 9.69 Å². The minimum atomic E-state index is -0.988. The second-order valence-electron chi connectivity index (χ2n) is 5.24. The van der Waals surface area contributed by atoms with Gasteiger partial charge in [-0.05, 0) is 27.0 Å². The first-order valence-electron chi connectivity index (χ1n) is 6.51. The van der Waals surface area contributed by atoms with Gasteiger partial charge in [0.15, 0.2) is 11.5 Å². The summed E-state index contributed by atoms with van der Waals surface area (Å²) in [6.07, 6.45) is 0. The third kappa shape index (κ3) is 3.58. The van der Waals surface area contributed by atoms with Gasteiger partial charge in [-0.15, -0.1) is 0 Å². The Morgan fingerprint density at radius 2 is 1.57 bits per heavy atom. The minimum absolute atomic E-state index is 0.406. The van der Waals surface area contributed by atoms with Crippen LogP contribution in [0.2, 0.25) is 0 Å². The van der Waals surface area contributed by atoms with Gasteiger partial charge < -0.3 is 19.3 Å². The Morgan fingerprint density at radius 1 is 1.10 bits per heavy atom. The van der Waals surface area contributed by atoms with Crippen molar-refractivity contribution in [2.24, 2.45) is 0 Å². The number of carbonyl (C=O) groups is 1. The lowest BCUT2D eigenvalue weighted by Crippen LogP contribution is -2.47. The molecule has 0 aliphatic heterocycles. The Balaban J connectivity index is 3.15. The van der Waals surface area contributed by atoms with E-state index in [-0.39, 0.29) is 0 Å². The van der Waals surface area contributed by atoms with Crippen molar-refractivity contribution in [3.63, 3.8) is 0 Å². The van der Waals surface area contributed by atoms with E-state index in [2.05, 4.69) is 0 Å². The Kier molecular flexibility index (Phi) is 5.43. The Bertz CT molecular complexity index is 513. The highest BCUT2D eigenvalue weighted by Crippen LogP contribution is 2.35. The molecule has 1 rings (SSSR count). The standard InChI is InChI=1S/C15H23NO5/c1-15(2,14(17)18)16(3)9-10-7-12(20-5)13(21-6)8-11(10)19-4/h7-8H,9H2,1-6H3,(H,17,18). The van der Waals surface area contributed by atoms with E-state index < -0.39 is 11.5 Å². The van der Waals surface area contributed by atoms with E-state index in [1.807, 2.05) is 0 Å². The molecule has 0 spiro atoms. The smallest absolute Gasteiger partial charge is 0.323 e. The third-order valence-corrected chi connectivity index (χ3v) is 3.67. The molecule has 0 radical (unpaired) electrons. The van der Waals surface area contributed by atoms with E-state index in [0.717, 1.165) is 5.56 Å². The number of hydrogen-bond acceptors (Lipinski definition) is 5. The molecule has 118 valence electrons. The molecular formula is C15H23NO5. The van der Waals surface area contributed by atoms with Crippen molar-refractivity contribution in [1.29, 1.82) is 0 Å². The average molecular weight is 297 g/mol. The topological polar surface area (TPSA) is 68.2 Å². The summed E-state index contributed by atoms with van der Waals surface area (Å²) in [5, 5.41) is 9.28. The summed E-state index contributed by atoms with van der Waals surface area (Å²) in [7, 11) is 6.42. The summed E-state index contributed by atoms with van der Waals surface area (Å²) < 4.78 is 15.9. The molecule has 0 fully saturated rings. The quantitative estimate of drug-likeness (QED) is 0.830. The summed E-state index contributed by atoms with van der Waals surface area (Å²) in [5.41, 5.74) is -0.162. The summed E-state index contributed by atoms with van der Waals surface area (Å²) in [4.78, 5) is 13.0. The Labute approximate surface area is 125 Å². The van der Waals surface area contributed by atoms with Crippen molar-refractivity contribution in [2.75, 3.05) is 28.4 Å². The van der Waals surface area contributed by atoms with Crippen LogP contribution in [-0.4, -0.2) is 49.9 Å². The lowest BCUT2D eigenvalue weighted by atomic mass is 10.0. The van der Waals surface area contributed by atoms with Crippen LogP contribution in [0, 0.1) is 0 Å². The Hall–Kier alpha value is -1.95. The number of nitrogens with zero attached hydrogens (tertiary/aromatic N) is 1. The molecule has 0 aliphatic carbocycles. The SMILES string of the molecule is COc1cc(OC)c(OC)cc1CN(C)C(C)(C)C(=O)O. The van der Waals surface area contributed by atoms with Gasteiger partial charge in [-0.1, -0.05) is 0 Å². The fourth-order valence-electron chi connectivity index (χ4n) is 1.83. The molecule has 0 unspecified atom stereocenters. The van der Waals surface area contributed by atoms with Gasteiger partial charge in [-0.2, -0.15) is 0 Å². The molecule has 0 amide bonds. The first-order chi connectivity index (χ1) is 9.77. The number of carboxylic acids is 1. The fourth-order valence-corrected chi connectivity index (χ4v) is 1.83. The largest absolute Gasteiger partial charge is 0.496 e. The normalized spacial score (nSPS) is 11.4. The highest BCUT2D eigenvalue weighted by molar-refractivity contribution is 5.77. The van der Waals surface area contributed by atoms with E-state index in [9.17, 15) is 9.90 Å². The third-order valence-electron chi connectivity index (χ3n) is 3.67. The summed E-state index contributed by atoms with van der Waals surface area (Å²) >= 11 is 0. The van der Waals surface area contributed by atoms with Crippen molar-refractivity contribution in [1.82, 2.24) is 4.90 Å². The van der Waals surface area contributed by atoms with Crippen LogP contribution < -0.4 is 14.2 Å². The second kappa shape index (κ2) is 6.67. The number of likely N-dealkylation sites (N-methyl/N-ethyl adjacent to an activating group) is 1. The van der Waals surface area contributed by atoms with Crippen LogP contribution in [0.1, 0.15) is 19.4 Å². The maximum absolute atomic E-state index is 11.3. The van der Waals surface area contributed by atoms with Gasteiger partial charge in [0.25, 0.3) is 0 Å². The van der Waals surface area contributed by atoms with Gasteiger partial charge in [0.2, 0.25) is 0 Å². The number of methoxy groups -OCH3 is 3. The molecule has 6 heteroatoms. The summed E-state index contributed by atoms with van der Waals surface area (Å²) in [5.74, 6) is 0.887. The van der Waals surface area contributed by atoms with Crippen molar-refractivity contribution >= 4 is 5.97 Å². The Morgan fingerprint density at radius 3 is 2.00 bits per heavy atom. The minimum Gasteiger partial charge on any atom is -0.496 e. The van der Waals surface area contributed by atoms with E-state index in [1.165, 1.54) is 0 Å². The predicted octanol–water partition coefficient (Wildman–Crippen LogP) is 2.01. The molecule has 0 aromatic heterocycles. The first-order valence-corrected chi connectivity index (χ1v) is 6.51. The molecule has 0 saturated carbocycles. The molecule has 0 saturated heterocycles. The molecule has 1 aromatic rings. The number of benzene rings is 1. The lowest BCUT2D eigenvalue weighted by Gasteiger charge is -2.32. The van der Waals surface area contributed by atoms with E-state index in [1.54, 1.807) is 59.3 Å². The van der Waals surface area contributed by atoms with Crippen LogP contribution in [0.4, 0.5) is 0 Å². The summed E-state index contributed by atoms with van der Waals surface area (Å²) in [6.45, 7) is 3.72. The van der Waals surface area contributed by atoms with Gasteiger partial charge in [0, 0.05) is 18.2 Å².